The lowest BCUT2D eigenvalue weighted by molar-refractivity contribution is -0.139. The number of aromatic nitrogens is 2. The average molecular weight is 428 g/mol. The van der Waals surface area contributed by atoms with Crippen molar-refractivity contribution in [1.82, 2.24) is 15.3 Å². The molecule has 2 saturated heterocycles. The minimum absolute atomic E-state index is 0.0749. The zero-order chi connectivity index (χ0) is 21.8. The molecule has 4 atom stereocenters. The Balaban J connectivity index is 1.39. The molecule has 31 heavy (non-hydrogen) atoms. The van der Waals surface area contributed by atoms with Gasteiger partial charge in [-0.3, -0.25) is 9.59 Å². The Bertz CT molecular complexity index is 955. The normalized spacial score (nSPS) is 24.4. The van der Waals surface area contributed by atoms with Crippen molar-refractivity contribution in [3.8, 4) is 17.0 Å². The molecule has 4 rings (SSSR count). The van der Waals surface area contributed by atoms with E-state index >= 15 is 0 Å². The average Bonchev–Trinajstić information content (AvgIpc) is 3.36. The van der Waals surface area contributed by atoms with Gasteiger partial charge in [0.2, 0.25) is 11.9 Å². The zero-order valence-electron chi connectivity index (χ0n) is 17.0. The summed E-state index contributed by atoms with van der Waals surface area (Å²) >= 11 is 0. The maximum absolute atomic E-state index is 12.0. The summed E-state index contributed by atoms with van der Waals surface area (Å²) in [5, 5.41) is 14.8. The van der Waals surface area contributed by atoms with Crippen LogP contribution in [0.1, 0.15) is 12.8 Å². The fourth-order valence-electron chi connectivity index (χ4n) is 3.85. The van der Waals surface area contributed by atoms with Crippen LogP contribution in [0, 0.1) is 0 Å². The summed E-state index contributed by atoms with van der Waals surface area (Å²) in [6, 6.07) is 8.92. The van der Waals surface area contributed by atoms with Crippen LogP contribution in [0.4, 0.5) is 5.95 Å². The molecule has 0 bridgehead atoms. The van der Waals surface area contributed by atoms with E-state index < -0.39 is 5.97 Å². The highest BCUT2D eigenvalue weighted by Gasteiger charge is 2.48. The lowest BCUT2D eigenvalue weighted by atomic mass is 10.1. The van der Waals surface area contributed by atoms with E-state index in [1.165, 1.54) is 0 Å². The lowest BCUT2D eigenvalue weighted by Crippen LogP contribution is -2.44. The highest BCUT2D eigenvalue weighted by atomic mass is 16.6. The molecule has 1 aromatic heterocycles. The van der Waals surface area contributed by atoms with E-state index in [0.717, 1.165) is 17.0 Å². The largest absolute Gasteiger partial charge is 0.496 e. The first-order valence-electron chi connectivity index (χ1n) is 10.0. The van der Waals surface area contributed by atoms with E-state index in [1.54, 1.807) is 13.3 Å². The number of carbonyl (C=O) groups excluding carboxylic acids is 1. The molecule has 0 radical (unpaired) electrons. The van der Waals surface area contributed by atoms with E-state index in [1.807, 2.05) is 30.3 Å². The fraction of sp³-hybridized carbons (Fsp3) is 0.429. The van der Waals surface area contributed by atoms with Gasteiger partial charge in [-0.05, 0) is 18.2 Å². The molecule has 1 amide bonds. The number of hydrogen-bond donors (Lipinski definition) is 3. The third kappa shape index (κ3) is 4.75. The molecule has 2 fully saturated rings. The van der Waals surface area contributed by atoms with Gasteiger partial charge in [0.25, 0.3) is 0 Å². The Labute approximate surface area is 178 Å². The monoisotopic (exact) mass is 428 g/mol. The molecule has 1 aromatic carbocycles. The van der Waals surface area contributed by atoms with Crippen molar-refractivity contribution in [2.24, 2.45) is 0 Å². The van der Waals surface area contributed by atoms with E-state index in [-0.39, 0.29) is 43.0 Å². The van der Waals surface area contributed by atoms with Crippen molar-refractivity contribution in [2.75, 3.05) is 25.6 Å². The SMILES string of the molecule is COc1ccccc1-c1ccnc(N[C@@H]2CO[C@@H]3[C@@H]2OC[C@@H]3NC(=O)CCC(=O)O)n1. The number of nitrogens with zero attached hydrogens (tertiary/aromatic N) is 2. The van der Waals surface area contributed by atoms with E-state index in [9.17, 15) is 9.59 Å². The van der Waals surface area contributed by atoms with Crippen molar-refractivity contribution >= 4 is 17.8 Å². The van der Waals surface area contributed by atoms with Crippen LogP contribution in [0.3, 0.4) is 0 Å². The third-order valence-corrected chi connectivity index (χ3v) is 5.32. The smallest absolute Gasteiger partial charge is 0.303 e. The first-order valence-corrected chi connectivity index (χ1v) is 10.0. The molecule has 164 valence electrons. The first kappa shape index (κ1) is 21.0. The molecule has 2 aromatic rings. The standard InChI is InChI=1S/C21H24N4O6/c1-29-16-5-3-2-4-12(16)13-8-9-22-21(24-13)25-15-11-31-19-14(10-30-20(15)19)23-17(26)6-7-18(27)28/h2-5,8-9,14-15,19-20H,6-7,10-11H2,1H3,(H,23,26)(H,27,28)(H,22,24,25)/t14-,15+,19-,20+/m0/s1. The van der Waals surface area contributed by atoms with Gasteiger partial charge in [-0.2, -0.15) is 0 Å². The quantitative estimate of drug-likeness (QED) is 0.565. The van der Waals surface area contributed by atoms with E-state index in [4.69, 9.17) is 19.3 Å². The third-order valence-electron chi connectivity index (χ3n) is 5.32. The number of carbonyl (C=O) groups is 2. The molecule has 3 N–H and O–H groups in total. The topological polar surface area (TPSA) is 132 Å². The van der Waals surface area contributed by atoms with Crippen LogP contribution in [-0.4, -0.2) is 71.6 Å². The van der Waals surface area contributed by atoms with Gasteiger partial charge in [0.15, 0.2) is 0 Å². The molecule has 2 aliphatic heterocycles. The number of para-hydroxylation sites is 1. The molecule has 3 heterocycles. The van der Waals surface area contributed by atoms with Gasteiger partial charge in [-0.15, -0.1) is 0 Å². The number of carboxylic acid groups (broad SMARTS) is 1. The second-order valence-electron chi connectivity index (χ2n) is 7.38. The number of anilines is 1. The summed E-state index contributed by atoms with van der Waals surface area (Å²) in [5.41, 5.74) is 1.58. The molecule has 0 unspecified atom stereocenters. The van der Waals surface area contributed by atoms with Gasteiger partial charge < -0.3 is 30.0 Å². The van der Waals surface area contributed by atoms with Crippen LogP contribution in [0.15, 0.2) is 36.5 Å². The van der Waals surface area contributed by atoms with Crippen LogP contribution in [0.25, 0.3) is 11.3 Å². The van der Waals surface area contributed by atoms with Gasteiger partial charge in [0.1, 0.15) is 18.0 Å². The molecule has 0 spiro atoms. The van der Waals surface area contributed by atoms with Gasteiger partial charge in [0, 0.05) is 18.2 Å². The van der Waals surface area contributed by atoms with Crippen LogP contribution in [0.5, 0.6) is 5.75 Å². The van der Waals surface area contributed by atoms with Gasteiger partial charge >= 0.3 is 5.97 Å². The Morgan fingerprint density at radius 2 is 1.87 bits per heavy atom. The highest BCUT2D eigenvalue weighted by Crippen LogP contribution is 2.30. The van der Waals surface area contributed by atoms with Crippen LogP contribution < -0.4 is 15.4 Å². The Morgan fingerprint density at radius 3 is 2.65 bits per heavy atom. The van der Waals surface area contributed by atoms with Crippen molar-refractivity contribution in [1.29, 1.82) is 0 Å². The molecule has 2 aliphatic rings. The Morgan fingerprint density at radius 1 is 1.13 bits per heavy atom. The number of nitrogens with one attached hydrogen (secondary N) is 2. The number of methoxy groups -OCH3 is 1. The van der Waals surface area contributed by atoms with E-state index in [0.29, 0.717) is 19.2 Å². The van der Waals surface area contributed by atoms with Gasteiger partial charge in [-0.25, -0.2) is 9.97 Å². The van der Waals surface area contributed by atoms with Gasteiger partial charge in [-0.1, -0.05) is 12.1 Å². The van der Waals surface area contributed by atoms with Crippen molar-refractivity contribution in [3.05, 3.63) is 36.5 Å². The predicted octanol–water partition coefficient (Wildman–Crippen LogP) is 1.08. The fourth-order valence-corrected chi connectivity index (χ4v) is 3.85. The first-order chi connectivity index (χ1) is 15.0. The Hall–Kier alpha value is -3.24. The summed E-state index contributed by atoms with van der Waals surface area (Å²) < 4.78 is 17.1. The summed E-state index contributed by atoms with van der Waals surface area (Å²) in [7, 11) is 1.61. The number of benzene rings is 1. The number of fused-ring (bicyclic) bond motifs is 1. The second kappa shape index (κ2) is 9.27. The van der Waals surface area contributed by atoms with Crippen LogP contribution in [-0.2, 0) is 19.1 Å². The molecule has 10 nitrogen and oxygen atoms in total. The second-order valence-corrected chi connectivity index (χ2v) is 7.38. The van der Waals surface area contributed by atoms with Crippen molar-refractivity contribution in [2.45, 2.75) is 37.1 Å². The highest BCUT2D eigenvalue weighted by molar-refractivity contribution is 5.80. The number of carboxylic acids is 1. The number of rotatable bonds is 8. The van der Waals surface area contributed by atoms with Gasteiger partial charge in [0.05, 0.1) is 44.5 Å². The summed E-state index contributed by atoms with van der Waals surface area (Å²) in [5.74, 6) is -0.177. The van der Waals surface area contributed by atoms with E-state index in [2.05, 4.69) is 20.6 Å². The maximum atomic E-state index is 12.0. The summed E-state index contributed by atoms with van der Waals surface area (Å²) in [6.07, 6.45) is 0.796. The predicted molar refractivity (Wildman–Crippen MR) is 110 cm³/mol. The Kier molecular flexibility index (Phi) is 6.28. The number of amides is 1. The molecule has 10 heteroatoms. The molecular weight excluding hydrogens is 404 g/mol. The molecular formula is C21H24N4O6. The van der Waals surface area contributed by atoms with Crippen molar-refractivity contribution < 1.29 is 28.9 Å². The number of aliphatic carboxylic acids is 1. The number of ether oxygens (including phenoxy) is 3. The minimum Gasteiger partial charge on any atom is -0.496 e. The summed E-state index contributed by atoms with van der Waals surface area (Å²) in [6.45, 7) is 0.674. The lowest BCUT2D eigenvalue weighted by Gasteiger charge is -2.18. The van der Waals surface area contributed by atoms with Crippen LogP contribution >= 0.6 is 0 Å². The number of hydrogen-bond acceptors (Lipinski definition) is 8. The summed E-state index contributed by atoms with van der Waals surface area (Å²) in [4.78, 5) is 31.5. The zero-order valence-corrected chi connectivity index (χ0v) is 17.0. The minimum atomic E-state index is -1.01. The molecule has 0 aliphatic carbocycles. The molecule has 0 saturated carbocycles. The van der Waals surface area contributed by atoms with Crippen molar-refractivity contribution in [3.63, 3.8) is 0 Å². The maximum Gasteiger partial charge on any atom is 0.303 e. The van der Waals surface area contributed by atoms with Crippen LogP contribution in [0.2, 0.25) is 0 Å².